The molecular formula is C27H32O6. The van der Waals surface area contributed by atoms with Crippen LogP contribution in [0.3, 0.4) is 0 Å². The number of aliphatic hydroxyl groups is 2. The molecule has 4 saturated carbocycles. The standard InChI is InChI=1S/C27H32O6/c1-15-17-10-11-18-25-13-7-12-24(2,3)19(25)21(29)27(31,32-14-25)26(18,20(15)28)22(17)33-23(30)16-8-5-4-6-9-16/h4-6,8-9,17-19,21-22,29,31H,1,7,10-14H2,2-3H3/t17-,18-,19+,21-,22+,25+,26-,27+/m0/s1. The van der Waals surface area contributed by atoms with E-state index >= 15 is 0 Å². The molecule has 6 heteroatoms. The largest absolute Gasteiger partial charge is 0.457 e. The van der Waals surface area contributed by atoms with Crippen molar-refractivity contribution < 1.29 is 29.3 Å². The third kappa shape index (κ3) is 2.30. The molecule has 2 aliphatic heterocycles. The summed E-state index contributed by atoms with van der Waals surface area (Å²) >= 11 is 0. The molecule has 0 unspecified atom stereocenters. The Hall–Kier alpha value is -2.02. The number of fused-ring (bicyclic) bond motifs is 2. The third-order valence-electron chi connectivity index (χ3n) is 9.98. The quantitative estimate of drug-likeness (QED) is 0.529. The van der Waals surface area contributed by atoms with Gasteiger partial charge in [-0.1, -0.05) is 45.0 Å². The van der Waals surface area contributed by atoms with Crippen molar-refractivity contribution in [2.45, 2.75) is 63.9 Å². The minimum Gasteiger partial charge on any atom is -0.457 e. The van der Waals surface area contributed by atoms with Crippen molar-refractivity contribution in [2.24, 2.45) is 34.0 Å². The summed E-state index contributed by atoms with van der Waals surface area (Å²) in [6.07, 6.45) is 1.98. The Morgan fingerprint density at radius 1 is 1.18 bits per heavy atom. The number of hydrogen-bond donors (Lipinski definition) is 2. The van der Waals surface area contributed by atoms with Gasteiger partial charge in [0.25, 0.3) is 0 Å². The minimum absolute atomic E-state index is 0.197. The summed E-state index contributed by atoms with van der Waals surface area (Å²) in [5, 5.41) is 23.9. The van der Waals surface area contributed by atoms with Crippen LogP contribution in [0, 0.1) is 34.0 Å². The van der Waals surface area contributed by atoms with E-state index in [1.807, 2.05) is 6.07 Å². The van der Waals surface area contributed by atoms with Gasteiger partial charge in [0.1, 0.15) is 17.6 Å². The summed E-state index contributed by atoms with van der Waals surface area (Å²) in [5.41, 5.74) is -1.42. The lowest BCUT2D eigenvalue weighted by Gasteiger charge is -2.73. The van der Waals surface area contributed by atoms with E-state index in [0.717, 1.165) is 25.7 Å². The Kier molecular flexibility index (Phi) is 4.27. The van der Waals surface area contributed by atoms with E-state index in [9.17, 15) is 19.8 Å². The van der Waals surface area contributed by atoms with Crippen molar-refractivity contribution in [3.8, 4) is 0 Å². The zero-order chi connectivity index (χ0) is 23.4. The average Bonchev–Trinajstić information content (AvgIpc) is 2.90. The van der Waals surface area contributed by atoms with Crippen molar-refractivity contribution in [1.29, 1.82) is 0 Å². The van der Waals surface area contributed by atoms with E-state index in [2.05, 4.69) is 20.4 Å². The minimum atomic E-state index is -2.12. The number of ketones is 1. The number of ether oxygens (including phenoxy) is 2. The highest BCUT2D eigenvalue weighted by Gasteiger charge is 2.86. The monoisotopic (exact) mass is 452 g/mol. The predicted octanol–water partition coefficient (Wildman–Crippen LogP) is 3.27. The van der Waals surface area contributed by atoms with Crippen LogP contribution in [0.5, 0.6) is 0 Å². The van der Waals surface area contributed by atoms with Gasteiger partial charge in [0.05, 0.1) is 12.2 Å². The van der Waals surface area contributed by atoms with Gasteiger partial charge in [0.15, 0.2) is 5.78 Å². The third-order valence-corrected chi connectivity index (χ3v) is 9.98. The highest BCUT2D eigenvalue weighted by atomic mass is 16.6. The van der Waals surface area contributed by atoms with E-state index in [4.69, 9.17) is 9.47 Å². The van der Waals surface area contributed by atoms with E-state index in [1.54, 1.807) is 24.3 Å². The molecule has 1 aromatic rings. The Labute approximate surface area is 194 Å². The summed E-state index contributed by atoms with van der Waals surface area (Å²) in [6.45, 7) is 8.68. The Morgan fingerprint density at radius 3 is 2.64 bits per heavy atom. The number of Topliss-reactive ketones (excluding diaryl/α,β-unsaturated/α-hetero) is 1. The summed E-state index contributed by atoms with van der Waals surface area (Å²) in [7, 11) is 0. The number of carbonyl (C=O) groups is 2. The van der Waals surface area contributed by atoms with Gasteiger partial charge >= 0.3 is 5.97 Å². The van der Waals surface area contributed by atoms with Crippen LogP contribution in [0.1, 0.15) is 56.3 Å². The second-order valence-corrected chi connectivity index (χ2v) is 11.6. The molecule has 7 rings (SSSR count). The molecule has 0 radical (unpaired) electrons. The van der Waals surface area contributed by atoms with Crippen LogP contribution in [0.15, 0.2) is 42.5 Å². The lowest BCUT2D eigenvalue weighted by molar-refractivity contribution is -0.448. The molecule has 6 aliphatic rings. The molecule has 2 N–H and O–H groups in total. The maximum absolute atomic E-state index is 14.0. The van der Waals surface area contributed by atoms with Gasteiger partial charge in [0, 0.05) is 17.3 Å². The van der Waals surface area contributed by atoms with Gasteiger partial charge < -0.3 is 19.7 Å². The first kappa shape index (κ1) is 21.5. The number of aliphatic hydroxyl groups excluding tert-OH is 1. The molecule has 2 saturated heterocycles. The van der Waals surface area contributed by atoms with Crippen LogP contribution in [0.2, 0.25) is 0 Å². The molecule has 4 aliphatic carbocycles. The summed E-state index contributed by atoms with van der Waals surface area (Å²) in [4.78, 5) is 27.1. The van der Waals surface area contributed by atoms with Gasteiger partial charge in [-0.25, -0.2) is 4.79 Å². The fourth-order valence-electron chi connectivity index (χ4n) is 8.89. The molecule has 6 fully saturated rings. The number of rotatable bonds is 2. The molecule has 2 spiro atoms. The van der Waals surface area contributed by atoms with Crippen LogP contribution >= 0.6 is 0 Å². The van der Waals surface area contributed by atoms with Crippen LogP contribution in [0.4, 0.5) is 0 Å². The molecule has 2 heterocycles. The molecule has 0 aromatic heterocycles. The maximum atomic E-state index is 14.0. The molecular weight excluding hydrogens is 420 g/mol. The molecule has 0 amide bonds. The smallest absolute Gasteiger partial charge is 0.338 e. The van der Waals surface area contributed by atoms with Crippen LogP contribution in [-0.2, 0) is 14.3 Å². The zero-order valence-electron chi connectivity index (χ0n) is 19.3. The molecule has 8 atom stereocenters. The predicted molar refractivity (Wildman–Crippen MR) is 119 cm³/mol. The molecule has 4 bridgehead atoms. The highest BCUT2D eigenvalue weighted by molar-refractivity contribution is 6.05. The summed E-state index contributed by atoms with van der Waals surface area (Å²) in [6, 6.07) is 8.68. The van der Waals surface area contributed by atoms with Crippen molar-refractivity contribution in [3.05, 3.63) is 48.0 Å². The topological polar surface area (TPSA) is 93.1 Å². The normalized spacial score (nSPS) is 47.1. The Balaban J connectivity index is 1.52. The second-order valence-electron chi connectivity index (χ2n) is 11.6. The van der Waals surface area contributed by atoms with Gasteiger partial charge in [-0.2, -0.15) is 0 Å². The van der Waals surface area contributed by atoms with Crippen LogP contribution < -0.4 is 0 Å². The molecule has 33 heavy (non-hydrogen) atoms. The van der Waals surface area contributed by atoms with Crippen molar-refractivity contribution in [2.75, 3.05) is 6.61 Å². The number of benzene rings is 1. The highest BCUT2D eigenvalue weighted by Crippen LogP contribution is 2.76. The SMILES string of the molecule is C=C1C(=O)[C@]23[C@H](OC(=O)c4ccccc4)[C@H]1CC[C@H]2[C@]12CCCC(C)(C)[C@H]1[C@H](O)[C@@]3(O)OC2. The van der Waals surface area contributed by atoms with E-state index in [0.29, 0.717) is 24.2 Å². The average molecular weight is 453 g/mol. The Bertz CT molecular complexity index is 1050. The maximum Gasteiger partial charge on any atom is 0.338 e. The fourth-order valence-corrected chi connectivity index (χ4v) is 8.89. The lowest BCUT2D eigenvalue weighted by atomic mass is 9.36. The van der Waals surface area contributed by atoms with Gasteiger partial charge in [-0.05, 0) is 54.7 Å². The summed E-state index contributed by atoms with van der Waals surface area (Å²) < 4.78 is 12.2. The number of carbonyl (C=O) groups excluding carboxylic acids is 2. The van der Waals surface area contributed by atoms with Crippen molar-refractivity contribution in [1.82, 2.24) is 0 Å². The van der Waals surface area contributed by atoms with Crippen molar-refractivity contribution in [3.63, 3.8) is 0 Å². The first-order valence-corrected chi connectivity index (χ1v) is 12.2. The van der Waals surface area contributed by atoms with Gasteiger partial charge in [0.2, 0.25) is 5.79 Å². The first-order chi connectivity index (χ1) is 15.6. The van der Waals surface area contributed by atoms with Crippen LogP contribution in [-0.4, -0.2) is 46.6 Å². The number of hydrogen-bond acceptors (Lipinski definition) is 6. The number of esters is 1. The van der Waals surface area contributed by atoms with Gasteiger partial charge in [-0.3, -0.25) is 4.79 Å². The molecule has 6 nitrogen and oxygen atoms in total. The molecule has 1 aromatic carbocycles. The van der Waals surface area contributed by atoms with E-state index < -0.39 is 34.8 Å². The second kappa shape index (κ2) is 6.55. The van der Waals surface area contributed by atoms with Gasteiger partial charge in [-0.15, -0.1) is 0 Å². The molecule has 176 valence electrons. The van der Waals surface area contributed by atoms with Crippen LogP contribution in [0.25, 0.3) is 0 Å². The van der Waals surface area contributed by atoms with E-state index in [1.165, 1.54) is 0 Å². The lowest BCUT2D eigenvalue weighted by Crippen LogP contribution is -2.83. The fraction of sp³-hybridized carbons (Fsp3) is 0.630. The Morgan fingerprint density at radius 2 is 1.91 bits per heavy atom. The summed E-state index contributed by atoms with van der Waals surface area (Å²) in [5.74, 6) is -3.78. The zero-order valence-corrected chi connectivity index (χ0v) is 19.3. The first-order valence-electron chi connectivity index (χ1n) is 12.2. The van der Waals surface area contributed by atoms with Crippen molar-refractivity contribution >= 4 is 11.8 Å². The van der Waals surface area contributed by atoms with E-state index in [-0.39, 0.29) is 29.0 Å².